The average Bonchev–Trinajstić information content (AvgIpc) is 3.11. The zero-order valence-electron chi connectivity index (χ0n) is 9.74. The average molecular weight is 220 g/mol. The molecule has 1 N–H and O–H groups in total. The van der Waals surface area contributed by atoms with Gasteiger partial charge in [0, 0.05) is 13.1 Å². The van der Waals surface area contributed by atoms with Crippen molar-refractivity contribution in [1.82, 2.24) is 10.2 Å². The van der Waals surface area contributed by atoms with Crippen LogP contribution in [0.25, 0.3) is 0 Å². The molecule has 0 aromatic rings. The van der Waals surface area contributed by atoms with Crippen LogP contribution in [-0.2, 0) is 4.79 Å². The molecule has 0 aliphatic heterocycles. The lowest BCUT2D eigenvalue weighted by Crippen LogP contribution is -2.40. The molecular formula is C13H20N2O. The van der Waals surface area contributed by atoms with Gasteiger partial charge in [-0.25, -0.2) is 0 Å². The molecule has 0 heterocycles. The van der Waals surface area contributed by atoms with Gasteiger partial charge in [-0.05, 0) is 37.5 Å². The van der Waals surface area contributed by atoms with E-state index in [-0.39, 0.29) is 5.91 Å². The Bertz CT molecular complexity index is 273. The van der Waals surface area contributed by atoms with E-state index in [0.717, 1.165) is 24.9 Å². The van der Waals surface area contributed by atoms with Crippen LogP contribution in [0.15, 0.2) is 0 Å². The van der Waals surface area contributed by atoms with E-state index >= 15 is 0 Å². The van der Waals surface area contributed by atoms with Gasteiger partial charge in [0.1, 0.15) is 0 Å². The van der Waals surface area contributed by atoms with E-state index < -0.39 is 0 Å². The van der Waals surface area contributed by atoms with Crippen molar-refractivity contribution in [2.24, 2.45) is 11.8 Å². The quantitative estimate of drug-likeness (QED) is 0.510. The van der Waals surface area contributed by atoms with E-state index in [1.165, 1.54) is 25.7 Å². The first kappa shape index (κ1) is 11.5. The number of hydrogen-bond donors (Lipinski definition) is 1. The van der Waals surface area contributed by atoms with Gasteiger partial charge in [0.15, 0.2) is 0 Å². The third-order valence-electron chi connectivity index (χ3n) is 3.21. The summed E-state index contributed by atoms with van der Waals surface area (Å²) in [6, 6.07) is 0. The Morgan fingerprint density at radius 3 is 2.25 bits per heavy atom. The second-order valence-electron chi connectivity index (χ2n) is 4.99. The highest BCUT2D eigenvalue weighted by atomic mass is 16.2. The summed E-state index contributed by atoms with van der Waals surface area (Å²) in [5.41, 5.74) is 0. The zero-order chi connectivity index (χ0) is 11.4. The smallest absolute Gasteiger partial charge is 0.236 e. The number of nitrogens with one attached hydrogen (secondary N) is 1. The molecule has 2 aliphatic rings. The predicted molar refractivity (Wildman–Crippen MR) is 63.7 cm³/mol. The summed E-state index contributed by atoms with van der Waals surface area (Å²) in [6.45, 7) is 2.80. The summed E-state index contributed by atoms with van der Waals surface area (Å²) in [6.07, 6.45) is 10.3. The zero-order valence-corrected chi connectivity index (χ0v) is 9.74. The number of nitrogens with zero attached hydrogens (tertiary/aromatic N) is 1. The van der Waals surface area contributed by atoms with Crippen LogP contribution in [0.2, 0.25) is 0 Å². The van der Waals surface area contributed by atoms with Crippen molar-refractivity contribution in [3.05, 3.63) is 0 Å². The van der Waals surface area contributed by atoms with Gasteiger partial charge in [0.2, 0.25) is 5.91 Å². The number of carbonyl (C=O) groups excluding carboxylic acids is 1. The molecule has 3 nitrogen and oxygen atoms in total. The van der Waals surface area contributed by atoms with Crippen molar-refractivity contribution < 1.29 is 4.79 Å². The minimum atomic E-state index is 0.217. The first-order valence-corrected chi connectivity index (χ1v) is 6.21. The van der Waals surface area contributed by atoms with E-state index in [4.69, 9.17) is 6.42 Å². The number of rotatable bonds is 7. The van der Waals surface area contributed by atoms with Gasteiger partial charge in [-0.1, -0.05) is 5.92 Å². The standard InChI is InChI=1S/C13H20N2O/c1-2-7-14-8-13(16)15(9-11-3-4-11)10-12-5-6-12/h1,11-12,14H,3-10H2. The fraction of sp³-hybridized carbons (Fsp3) is 0.769. The van der Waals surface area contributed by atoms with Gasteiger partial charge in [0.05, 0.1) is 13.1 Å². The third kappa shape index (κ3) is 3.86. The van der Waals surface area contributed by atoms with E-state index in [2.05, 4.69) is 11.2 Å². The van der Waals surface area contributed by atoms with Gasteiger partial charge < -0.3 is 4.90 Å². The Kier molecular flexibility index (Phi) is 3.84. The summed E-state index contributed by atoms with van der Waals surface area (Å²) in [5, 5.41) is 2.98. The van der Waals surface area contributed by atoms with Crippen LogP contribution in [0, 0.1) is 24.2 Å². The lowest BCUT2D eigenvalue weighted by atomic mass is 10.3. The van der Waals surface area contributed by atoms with Crippen LogP contribution in [0.5, 0.6) is 0 Å². The van der Waals surface area contributed by atoms with Crippen molar-refractivity contribution in [2.45, 2.75) is 25.7 Å². The molecule has 16 heavy (non-hydrogen) atoms. The lowest BCUT2D eigenvalue weighted by Gasteiger charge is -2.22. The van der Waals surface area contributed by atoms with Crippen molar-refractivity contribution in [3.8, 4) is 12.3 Å². The fourth-order valence-electron chi connectivity index (χ4n) is 1.86. The van der Waals surface area contributed by atoms with Gasteiger partial charge >= 0.3 is 0 Å². The summed E-state index contributed by atoms with van der Waals surface area (Å²) < 4.78 is 0. The molecule has 2 fully saturated rings. The number of terminal acetylenes is 1. The molecule has 3 heteroatoms. The van der Waals surface area contributed by atoms with Crippen molar-refractivity contribution in [3.63, 3.8) is 0 Å². The van der Waals surface area contributed by atoms with Gasteiger partial charge in [-0.3, -0.25) is 10.1 Å². The van der Waals surface area contributed by atoms with Crippen molar-refractivity contribution in [1.29, 1.82) is 0 Å². The first-order valence-electron chi connectivity index (χ1n) is 6.21. The number of carbonyl (C=O) groups is 1. The molecule has 0 bridgehead atoms. The lowest BCUT2D eigenvalue weighted by molar-refractivity contribution is -0.130. The molecule has 0 unspecified atom stereocenters. The summed E-state index contributed by atoms with van der Waals surface area (Å²) in [7, 11) is 0. The predicted octanol–water partition coefficient (Wildman–Crippen LogP) is 0.858. The molecule has 0 saturated heterocycles. The maximum Gasteiger partial charge on any atom is 0.236 e. The van der Waals surface area contributed by atoms with Crippen LogP contribution in [0.4, 0.5) is 0 Å². The Balaban J connectivity index is 1.73. The maximum atomic E-state index is 11.9. The van der Waals surface area contributed by atoms with Gasteiger partial charge in [-0.15, -0.1) is 6.42 Å². The molecule has 2 rings (SSSR count). The molecule has 2 saturated carbocycles. The molecule has 0 aromatic carbocycles. The minimum Gasteiger partial charge on any atom is -0.341 e. The highest BCUT2D eigenvalue weighted by Crippen LogP contribution is 2.33. The Hall–Kier alpha value is -1.01. The highest BCUT2D eigenvalue weighted by Gasteiger charge is 2.31. The molecular weight excluding hydrogens is 200 g/mol. The molecule has 0 radical (unpaired) electrons. The molecule has 0 spiro atoms. The summed E-state index contributed by atoms with van der Waals surface area (Å²) >= 11 is 0. The van der Waals surface area contributed by atoms with E-state index in [9.17, 15) is 4.79 Å². The molecule has 88 valence electrons. The molecule has 2 aliphatic carbocycles. The van der Waals surface area contributed by atoms with Gasteiger partial charge in [-0.2, -0.15) is 0 Å². The van der Waals surface area contributed by atoms with Crippen molar-refractivity contribution in [2.75, 3.05) is 26.2 Å². The Labute approximate surface area is 97.6 Å². The number of amides is 1. The fourth-order valence-corrected chi connectivity index (χ4v) is 1.86. The minimum absolute atomic E-state index is 0.217. The summed E-state index contributed by atoms with van der Waals surface area (Å²) in [5.74, 6) is 4.25. The van der Waals surface area contributed by atoms with E-state index in [1.807, 2.05) is 4.90 Å². The maximum absolute atomic E-state index is 11.9. The molecule has 1 amide bonds. The molecule has 0 aromatic heterocycles. The first-order chi connectivity index (χ1) is 7.79. The van der Waals surface area contributed by atoms with Crippen LogP contribution in [0.1, 0.15) is 25.7 Å². The normalized spacial score (nSPS) is 19.2. The van der Waals surface area contributed by atoms with E-state index in [0.29, 0.717) is 13.1 Å². The van der Waals surface area contributed by atoms with Crippen LogP contribution >= 0.6 is 0 Å². The topological polar surface area (TPSA) is 32.3 Å². The van der Waals surface area contributed by atoms with Crippen LogP contribution in [-0.4, -0.2) is 37.0 Å². The monoisotopic (exact) mass is 220 g/mol. The second kappa shape index (κ2) is 5.36. The second-order valence-corrected chi connectivity index (χ2v) is 4.99. The van der Waals surface area contributed by atoms with Gasteiger partial charge in [0.25, 0.3) is 0 Å². The third-order valence-corrected chi connectivity index (χ3v) is 3.21. The molecule has 0 atom stereocenters. The largest absolute Gasteiger partial charge is 0.341 e. The highest BCUT2D eigenvalue weighted by molar-refractivity contribution is 5.78. The van der Waals surface area contributed by atoms with Crippen LogP contribution < -0.4 is 5.32 Å². The summed E-state index contributed by atoms with van der Waals surface area (Å²) in [4.78, 5) is 14.0. The number of hydrogen-bond acceptors (Lipinski definition) is 2. The van der Waals surface area contributed by atoms with Crippen molar-refractivity contribution >= 4 is 5.91 Å². The SMILES string of the molecule is C#CCNCC(=O)N(CC1CC1)CC1CC1. The Morgan fingerprint density at radius 1 is 1.25 bits per heavy atom. The van der Waals surface area contributed by atoms with Crippen LogP contribution in [0.3, 0.4) is 0 Å². The van der Waals surface area contributed by atoms with E-state index in [1.54, 1.807) is 0 Å². The Morgan fingerprint density at radius 2 is 1.81 bits per heavy atom.